The lowest BCUT2D eigenvalue weighted by Gasteiger charge is -2.23. The summed E-state index contributed by atoms with van der Waals surface area (Å²) >= 11 is 6.65. The summed E-state index contributed by atoms with van der Waals surface area (Å²) in [6, 6.07) is 5.69. The number of nitrogens with one attached hydrogen (secondary N) is 1. The van der Waals surface area contributed by atoms with Gasteiger partial charge >= 0.3 is 0 Å². The van der Waals surface area contributed by atoms with Gasteiger partial charge in [0.15, 0.2) is 5.82 Å². The molecule has 3 aromatic rings. The fourth-order valence-electron chi connectivity index (χ4n) is 4.77. The summed E-state index contributed by atoms with van der Waals surface area (Å²) in [7, 11) is 1.94. The summed E-state index contributed by atoms with van der Waals surface area (Å²) in [6.45, 7) is 9.59. The number of ether oxygens (including phenoxy) is 1. The van der Waals surface area contributed by atoms with Crippen molar-refractivity contribution in [2.75, 3.05) is 38.2 Å². The normalized spacial score (nSPS) is 19.1. The van der Waals surface area contributed by atoms with Crippen LogP contribution in [0.5, 0.6) is 5.75 Å². The summed E-state index contributed by atoms with van der Waals surface area (Å²) in [5.41, 5.74) is 4.41. The lowest BCUT2D eigenvalue weighted by molar-refractivity contribution is 0.310. The van der Waals surface area contributed by atoms with Gasteiger partial charge in [-0.25, -0.2) is 9.97 Å². The quantitative estimate of drug-likeness (QED) is 0.476. The molecule has 0 radical (unpaired) electrons. The molecule has 1 aromatic carbocycles. The van der Waals surface area contributed by atoms with Crippen LogP contribution in [-0.2, 0) is 0 Å². The first kappa shape index (κ1) is 22.2. The molecule has 174 valence electrons. The highest BCUT2D eigenvalue weighted by atomic mass is 35.5. The highest BCUT2D eigenvalue weighted by Gasteiger charge is 2.46. The van der Waals surface area contributed by atoms with E-state index in [9.17, 15) is 0 Å². The number of anilines is 1. The van der Waals surface area contributed by atoms with Gasteiger partial charge in [0.25, 0.3) is 0 Å². The van der Waals surface area contributed by atoms with Crippen molar-refractivity contribution in [2.45, 2.75) is 33.6 Å². The maximum Gasteiger partial charge on any atom is 0.163 e. The summed E-state index contributed by atoms with van der Waals surface area (Å²) in [4.78, 5) is 12.4. The molecule has 3 heterocycles. The number of hydrogen-bond donors (Lipinski definition) is 1. The van der Waals surface area contributed by atoms with Crippen molar-refractivity contribution in [1.29, 1.82) is 0 Å². The third-order valence-corrected chi connectivity index (χ3v) is 7.02. The molecule has 2 aromatic heterocycles. The number of nitrogens with zero attached hydrogens (tertiary/aromatic N) is 4. The van der Waals surface area contributed by atoms with Crippen LogP contribution in [-0.4, -0.2) is 48.4 Å². The summed E-state index contributed by atoms with van der Waals surface area (Å²) in [6.07, 6.45) is 2.26. The Kier molecular flexibility index (Phi) is 6.01. The highest BCUT2D eigenvalue weighted by Crippen LogP contribution is 2.47. The van der Waals surface area contributed by atoms with Crippen LogP contribution in [0.3, 0.4) is 0 Å². The highest BCUT2D eigenvalue weighted by molar-refractivity contribution is 6.33. The maximum absolute atomic E-state index is 6.65. The zero-order valence-corrected chi connectivity index (χ0v) is 20.4. The van der Waals surface area contributed by atoms with Crippen molar-refractivity contribution in [3.63, 3.8) is 0 Å². The van der Waals surface area contributed by atoms with Crippen LogP contribution in [0.4, 0.5) is 5.82 Å². The van der Waals surface area contributed by atoms with E-state index in [0.29, 0.717) is 17.5 Å². The van der Waals surface area contributed by atoms with E-state index >= 15 is 0 Å². The summed E-state index contributed by atoms with van der Waals surface area (Å²) in [5.74, 6) is 4.67. The summed E-state index contributed by atoms with van der Waals surface area (Å²) in [5, 5.41) is 7.90. The van der Waals surface area contributed by atoms with E-state index in [1.54, 1.807) is 0 Å². The van der Waals surface area contributed by atoms with Gasteiger partial charge in [0, 0.05) is 24.2 Å². The average molecular weight is 468 g/mol. The van der Waals surface area contributed by atoms with E-state index in [2.05, 4.69) is 22.3 Å². The van der Waals surface area contributed by atoms with Crippen LogP contribution in [0.2, 0.25) is 5.02 Å². The zero-order chi connectivity index (χ0) is 23.1. The van der Waals surface area contributed by atoms with Crippen molar-refractivity contribution in [2.24, 2.45) is 11.8 Å². The molecule has 5 rings (SSSR count). The van der Waals surface area contributed by atoms with Gasteiger partial charge in [-0.3, -0.25) is 0 Å². The Hall–Kier alpha value is -2.64. The molecule has 0 spiro atoms. The van der Waals surface area contributed by atoms with Gasteiger partial charge in [0.2, 0.25) is 0 Å². The van der Waals surface area contributed by atoms with Crippen molar-refractivity contribution >= 4 is 17.4 Å². The SMILES string of the molecule is CNCCCOc1ccc(Cl)c(-c2nc(-c3c(C)noc3C)c(C)c(N3CC4CC4C3)n2)c1. The van der Waals surface area contributed by atoms with Crippen LogP contribution in [0.25, 0.3) is 22.6 Å². The monoisotopic (exact) mass is 467 g/mol. The second kappa shape index (κ2) is 8.95. The van der Waals surface area contributed by atoms with Gasteiger partial charge in [0.1, 0.15) is 17.3 Å². The first-order valence-corrected chi connectivity index (χ1v) is 12.0. The van der Waals surface area contributed by atoms with Crippen LogP contribution < -0.4 is 15.0 Å². The molecule has 2 fully saturated rings. The molecule has 1 aliphatic carbocycles. The fourth-order valence-corrected chi connectivity index (χ4v) is 4.98. The molecule has 1 aliphatic heterocycles. The third-order valence-electron chi connectivity index (χ3n) is 6.69. The minimum Gasteiger partial charge on any atom is -0.494 e. The number of aromatic nitrogens is 3. The lowest BCUT2D eigenvalue weighted by Crippen LogP contribution is -2.24. The van der Waals surface area contributed by atoms with Crippen LogP contribution >= 0.6 is 11.6 Å². The van der Waals surface area contributed by atoms with Gasteiger partial charge in [-0.15, -0.1) is 0 Å². The Morgan fingerprint density at radius 3 is 2.67 bits per heavy atom. The topological polar surface area (TPSA) is 76.3 Å². The second-order valence-electron chi connectivity index (χ2n) is 9.15. The molecule has 33 heavy (non-hydrogen) atoms. The van der Waals surface area contributed by atoms with Gasteiger partial charge < -0.3 is 19.5 Å². The largest absolute Gasteiger partial charge is 0.494 e. The number of benzene rings is 1. The molecule has 0 bridgehead atoms. The Morgan fingerprint density at radius 1 is 1.18 bits per heavy atom. The number of halogens is 1. The van der Waals surface area contributed by atoms with Crippen molar-refractivity contribution in [3.05, 3.63) is 40.2 Å². The van der Waals surface area contributed by atoms with E-state index in [1.165, 1.54) is 6.42 Å². The number of fused-ring (bicyclic) bond motifs is 1. The summed E-state index contributed by atoms with van der Waals surface area (Å²) < 4.78 is 11.4. The molecule has 2 unspecified atom stereocenters. The lowest BCUT2D eigenvalue weighted by atomic mass is 10.0. The standard InChI is InChI=1S/C25H30ClN5O2/c1-14-23(22-15(2)30-33-16(22)3)28-24(29-25(14)31-12-17-10-18(17)13-31)20-11-19(6-7-21(20)26)32-9-5-8-27-4/h6-7,11,17-18,27H,5,8-10,12-13H2,1-4H3. The molecular formula is C25H30ClN5O2. The minimum atomic E-state index is 0.594. The number of hydrogen-bond acceptors (Lipinski definition) is 7. The van der Waals surface area contributed by atoms with E-state index in [1.807, 2.05) is 39.1 Å². The molecule has 2 aliphatic rings. The molecule has 0 amide bonds. The van der Waals surface area contributed by atoms with Crippen LogP contribution in [0.15, 0.2) is 22.7 Å². The average Bonchev–Trinajstić information content (AvgIpc) is 3.27. The van der Waals surface area contributed by atoms with E-state index < -0.39 is 0 Å². The number of aryl methyl sites for hydroxylation is 2. The van der Waals surface area contributed by atoms with Crippen molar-refractivity contribution < 1.29 is 9.26 Å². The first-order valence-electron chi connectivity index (χ1n) is 11.6. The van der Waals surface area contributed by atoms with Gasteiger partial charge in [-0.05, 0) is 77.2 Å². The zero-order valence-electron chi connectivity index (χ0n) is 19.6. The van der Waals surface area contributed by atoms with E-state index in [-0.39, 0.29) is 0 Å². The smallest absolute Gasteiger partial charge is 0.163 e. The molecule has 1 saturated heterocycles. The minimum absolute atomic E-state index is 0.594. The predicted octanol–water partition coefficient (Wildman–Crippen LogP) is 4.82. The van der Waals surface area contributed by atoms with E-state index in [0.717, 1.165) is 83.3 Å². The van der Waals surface area contributed by atoms with Crippen molar-refractivity contribution in [3.8, 4) is 28.4 Å². The molecule has 2 atom stereocenters. The fraction of sp³-hybridized carbons (Fsp3) is 0.480. The van der Waals surface area contributed by atoms with Gasteiger partial charge in [0.05, 0.1) is 28.6 Å². The molecule has 1 N–H and O–H groups in total. The Bertz CT molecular complexity index is 1150. The Morgan fingerprint density at radius 2 is 1.97 bits per heavy atom. The van der Waals surface area contributed by atoms with E-state index in [4.69, 9.17) is 30.8 Å². The van der Waals surface area contributed by atoms with Crippen LogP contribution in [0, 0.1) is 32.6 Å². The molecule has 7 nitrogen and oxygen atoms in total. The van der Waals surface area contributed by atoms with Gasteiger partial charge in [-0.1, -0.05) is 16.8 Å². The van der Waals surface area contributed by atoms with Crippen LogP contribution in [0.1, 0.15) is 29.9 Å². The second-order valence-corrected chi connectivity index (χ2v) is 9.56. The molecule has 1 saturated carbocycles. The first-order chi connectivity index (χ1) is 16.0. The van der Waals surface area contributed by atoms with Gasteiger partial charge in [-0.2, -0.15) is 0 Å². The Labute approximate surface area is 199 Å². The predicted molar refractivity (Wildman–Crippen MR) is 130 cm³/mol. The number of rotatable bonds is 8. The maximum atomic E-state index is 6.65. The Balaban J connectivity index is 1.58. The number of piperidine rings is 1. The molecule has 8 heteroatoms. The molecular weight excluding hydrogens is 438 g/mol. The van der Waals surface area contributed by atoms with Crippen molar-refractivity contribution in [1.82, 2.24) is 20.4 Å². The third kappa shape index (κ3) is 4.32.